The van der Waals surface area contributed by atoms with Crippen LogP contribution >= 0.6 is 15.9 Å². The predicted octanol–water partition coefficient (Wildman–Crippen LogP) is 4.85. The Morgan fingerprint density at radius 2 is 1.88 bits per heavy atom. The van der Waals surface area contributed by atoms with E-state index in [0.717, 1.165) is 27.0 Å². The second-order valence-corrected chi connectivity index (χ2v) is 6.53. The summed E-state index contributed by atoms with van der Waals surface area (Å²) in [4.78, 5) is 20.9. The highest BCUT2D eigenvalue weighted by Crippen LogP contribution is 2.20. The van der Waals surface area contributed by atoms with Gasteiger partial charge in [0.2, 0.25) is 5.95 Å². The number of rotatable bonds is 4. The van der Waals surface area contributed by atoms with Crippen LogP contribution in [-0.4, -0.2) is 15.9 Å². The number of halogens is 1. The first-order chi connectivity index (χ1) is 12.0. The summed E-state index contributed by atoms with van der Waals surface area (Å²) in [5.41, 5.74) is 4.07. The largest absolute Gasteiger partial charge is 0.324 e. The fraction of sp³-hybridized carbons (Fsp3) is 0.105. The number of hydrogen-bond acceptors (Lipinski definition) is 4. The fourth-order valence-electron chi connectivity index (χ4n) is 2.31. The Kier molecular flexibility index (Phi) is 5.09. The van der Waals surface area contributed by atoms with E-state index in [1.807, 2.05) is 56.3 Å². The quantitative estimate of drug-likeness (QED) is 0.661. The van der Waals surface area contributed by atoms with Gasteiger partial charge in [-0.25, -0.2) is 9.97 Å². The number of carbonyl (C=O) groups is 1. The Labute approximate surface area is 154 Å². The maximum atomic E-state index is 12.4. The molecule has 1 aromatic heterocycles. The Bertz CT molecular complexity index is 927. The lowest BCUT2D eigenvalue weighted by molar-refractivity contribution is 0.102. The first-order valence-corrected chi connectivity index (χ1v) is 8.55. The molecule has 0 radical (unpaired) electrons. The van der Waals surface area contributed by atoms with E-state index < -0.39 is 0 Å². The third-order valence-electron chi connectivity index (χ3n) is 3.58. The van der Waals surface area contributed by atoms with Gasteiger partial charge < -0.3 is 10.6 Å². The monoisotopic (exact) mass is 396 g/mol. The smallest absolute Gasteiger partial charge is 0.274 e. The Balaban J connectivity index is 1.76. The third kappa shape index (κ3) is 4.42. The Hall–Kier alpha value is -2.73. The van der Waals surface area contributed by atoms with Gasteiger partial charge in [0, 0.05) is 22.0 Å². The molecule has 3 rings (SSSR count). The summed E-state index contributed by atoms with van der Waals surface area (Å²) in [5, 5.41) is 5.96. The number of nitrogens with one attached hydrogen (secondary N) is 2. The molecule has 0 spiro atoms. The van der Waals surface area contributed by atoms with Gasteiger partial charge in [-0.05, 0) is 61.4 Å². The van der Waals surface area contributed by atoms with Crippen molar-refractivity contribution in [3.05, 3.63) is 76.0 Å². The van der Waals surface area contributed by atoms with Crippen molar-refractivity contribution in [2.45, 2.75) is 13.8 Å². The van der Waals surface area contributed by atoms with Crippen LogP contribution < -0.4 is 10.6 Å². The van der Waals surface area contributed by atoms with Gasteiger partial charge in [-0.3, -0.25) is 4.79 Å². The molecule has 0 unspecified atom stereocenters. The molecule has 0 saturated carbocycles. The zero-order chi connectivity index (χ0) is 17.8. The van der Waals surface area contributed by atoms with Crippen molar-refractivity contribution >= 4 is 39.2 Å². The lowest BCUT2D eigenvalue weighted by Gasteiger charge is -2.09. The number of aryl methyl sites for hydroxylation is 2. The number of amides is 1. The van der Waals surface area contributed by atoms with Crippen LogP contribution in [0.2, 0.25) is 0 Å². The molecule has 0 fully saturated rings. The average Bonchev–Trinajstić information content (AvgIpc) is 2.58. The molecule has 3 aromatic rings. The van der Waals surface area contributed by atoms with Crippen LogP contribution in [0.5, 0.6) is 0 Å². The van der Waals surface area contributed by atoms with Crippen LogP contribution in [0, 0.1) is 13.8 Å². The van der Waals surface area contributed by atoms with Crippen molar-refractivity contribution in [3.8, 4) is 0 Å². The summed E-state index contributed by atoms with van der Waals surface area (Å²) in [7, 11) is 0. The van der Waals surface area contributed by atoms with Crippen molar-refractivity contribution in [3.63, 3.8) is 0 Å². The number of nitrogens with zero attached hydrogens (tertiary/aromatic N) is 2. The molecule has 0 bridgehead atoms. The lowest BCUT2D eigenvalue weighted by atomic mass is 10.2. The summed E-state index contributed by atoms with van der Waals surface area (Å²) in [6.45, 7) is 3.98. The summed E-state index contributed by atoms with van der Waals surface area (Å²) >= 11 is 3.44. The Morgan fingerprint density at radius 1 is 1.04 bits per heavy atom. The van der Waals surface area contributed by atoms with Crippen LogP contribution in [0.3, 0.4) is 0 Å². The van der Waals surface area contributed by atoms with E-state index in [1.165, 1.54) is 0 Å². The topological polar surface area (TPSA) is 66.9 Å². The zero-order valence-corrected chi connectivity index (χ0v) is 15.5. The average molecular weight is 397 g/mol. The molecule has 5 nitrogen and oxygen atoms in total. The number of benzene rings is 2. The normalized spacial score (nSPS) is 10.4. The Morgan fingerprint density at radius 3 is 2.64 bits per heavy atom. The first-order valence-electron chi connectivity index (χ1n) is 7.75. The first kappa shape index (κ1) is 17.1. The summed E-state index contributed by atoms with van der Waals surface area (Å²) in [6.07, 6.45) is 1.56. The maximum absolute atomic E-state index is 12.4. The number of anilines is 3. The van der Waals surface area contributed by atoms with E-state index in [2.05, 4.69) is 36.5 Å². The molecule has 126 valence electrons. The van der Waals surface area contributed by atoms with Crippen molar-refractivity contribution in [1.29, 1.82) is 0 Å². The van der Waals surface area contributed by atoms with E-state index in [1.54, 1.807) is 12.3 Å². The highest BCUT2D eigenvalue weighted by atomic mass is 79.9. The molecule has 1 heterocycles. The second-order valence-electron chi connectivity index (χ2n) is 5.68. The molecular weight excluding hydrogens is 380 g/mol. The molecule has 1 amide bonds. The summed E-state index contributed by atoms with van der Waals surface area (Å²) < 4.78 is 0.997. The predicted molar refractivity (Wildman–Crippen MR) is 103 cm³/mol. The lowest BCUT2D eigenvalue weighted by Crippen LogP contribution is -2.14. The van der Waals surface area contributed by atoms with E-state index >= 15 is 0 Å². The summed E-state index contributed by atoms with van der Waals surface area (Å²) in [6, 6.07) is 15.1. The van der Waals surface area contributed by atoms with Crippen molar-refractivity contribution in [2.75, 3.05) is 10.6 Å². The van der Waals surface area contributed by atoms with Gasteiger partial charge in [-0.15, -0.1) is 0 Å². The molecule has 2 N–H and O–H groups in total. The molecule has 25 heavy (non-hydrogen) atoms. The van der Waals surface area contributed by atoms with Crippen LogP contribution in [0.4, 0.5) is 17.3 Å². The minimum absolute atomic E-state index is 0.281. The van der Waals surface area contributed by atoms with Crippen molar-refractivity contribution in [2.24, 2.45) is 0 Å². The van der Waals surface area contributed by atoms with Gasteiger partial charge >= 0.3 is 0 Å². The standard InChI is InChI=1S/C19H17BrN4O/c1-12-4-3-5-14(10-12)23-19-21-9-8-17(24-19)18(25)22-15-6-7-16(20)13(2)11-15/h3-11H,1-2H3,(H,22,25)(H,21,23,24). The van der Waals surface area contributed by atoms with E-state index in [0.29, 0.717) is 11.6 Å². The molecule has 0 aliphatic heterocycles. The van der Waals surface area contributed by atoms with Crippen LogP contribution in [0.15, 0.2) is 59.2 Å². The number of hydrogen-bond donors (Lipinski definition) is 2. The van der Waals surface area contributed by atoms with Crippen molar-refractivity contribution in [1.82, 2.24) is 9.97 Å². The van der Waals surface area contributed by atoms with Gasteiger partial charge in [0.1, 0.15) is 5.69 Å². The van der Waals surface area contributed by atoms with Gasteiger partial charge in [-0.1, -0.05) is 28.1 Å². The fourth-order valence-corrected chi connectivity index (χ4v) is 2.56. The molecule has 0 aliphatic rings. The highest BCUT2D eigenvalue weighted by molar-refractivity contribution is 9.10. The van der Waals surface area contributed by atoms with E-state index in [-0.39, 0.29) is 5.91 Å². The van der Waals surface area contributed by atoms with E-state index in [4.69, 9.17) is 0 Å². The molecule has 0 atom stereocenters. The molecule has 2 aromatic carbocycles. The molecular formula is C19H17BrN4O. The number of carbonyl (C=O) groups excluding carboxylic acids is 1. The van der Waals surface area contributed by atoms with Gasteiger partial charge in [0.25, 0.3) is 5.91 Å². The van der Waals surface area contributed by atoms with E-state index in [9.17, 15) is 4.79 Å². The van der Waals surface area contributed by atoms with Crippen molar-refractivity contribution < 1.29 is 4.79 Å². The van der Waals surface area contributed by atoms with Gasteiger partial charge in [-0.2, -0.15) is 0 Å². The minimum atomic E-state index is -0.281. The third-order valence-corrected chi connectivity index (χ3v) is 4.47. The minimum Gasteiger partial charge on any atom is -0.324 e. The second kappa shape index (κ2) is 7.44. The SMILES string of the molecule is Cc1cccc(Nc2nccc(C(=O)Nc3ccc(Br)c(C)c3)n2)c1. The van der Waals surface area contributed by atoms with Crippen LogP contribution in [0.25, 0.3) is 0 Å². The maximum Gasteiger partial charge on any atom is 0.274 e. The highest BCUT2D eigenvalue weighted by Gasteiger charge is 2.10. The summed E-state index contributed by atoms with van der Waals surface area (Å²) in [5.74, 6) is 0.0988. The number of aromatic nitrogens is 2. The van der Waals surface area contributed by atoms with Gasteiger partial charge in [0.15, 0.2) is 0 Å². The molecule has 0 aliphatic carbocycles. The van der Waals surface area contributed by atoms with Gasteiger partial charge in [0.05, 0.1) is 0 Å². The zero-order valence-electron chi connectivity index (χ0n) is 13.9. The van der Waals surface area contributed by atoms with Crippen LogP contribution in [-0.2, 0) is 0 Å². The van der Waals surface area contributed by atoms with Crippen LogP contribution in [0.1, 0.15) is 21.6 Å². The molecule has 0 saturated heterocycles. The molecule has 6 heteroatoms.